The van der Waals surface area contributed by atoms with Crippen molar-refractivity contribution < 1.29 is 9.59 Å². The zero-order chi connectivity index (χ0) is 15.5. The van der Waals surface area contributed by atoms with Crippen LogP contribution >= 0.6 is 0 Å². The van der Waals surface area contributed by atoms with Gasteiger partial charge in [-0.25, -0.2) is 4.79 Å². The van der Waals surface area contributed by atoms with Crippen molar-refractivity contribution in [1.29, 1.82) is 0 Å². The Kier molecular flexibility index (Phi) is 3.96. The topological polar surface area (TPSA) is 52.7 Å². The average molecular weight is 297 g/mol. The molecule has 0 spiro atoms. The second-order valence-electron chi connectivity index (χ2n) is 5.48. The lowest BCUT2D eigenvalue weighted by molar-refractivity contribution is -0.122. The number of imide groups is 1. The van der Waals surface area contributed by atoms with Crippen molar-refractivity contribution in [2.75, 3.05) is 24.5 Å². The third-order valence-corrected chi connectivity index (χ3v) is 3.95. The Morgan fingerprint density at radius 1 is 1.14 bits per heavy atom. The van der Waals surface area contributed by atoms with E-state index in [-0.39, 0.29) is 12.5 Å². The molecule has 0 unspecified atom stereocenters. The molecule has 0 aliphatic carbocycles. The number of anilines is 1. The van der Waals surface area contributed by atoms with E-state index >= 15 is 0 Å². The zero-order valence-corrected chi connectivity index (χ0v) is 12.4. The largest absolute Gasteiger partial charge is 0.372 e. The van der Waals surface area contributed by atoms with Crippen LogP contribution in [0.5, 0.6) is 0 Å². The van der Waals surface area contributed by atoms with E-state index in [2.05, 4.69) is 28.9 Å². The summed E-state index contributed by atoms with van der Waals surface area (Å²) in [6, 6.07) is 7.65. The van der Waals surface area contributed by atoms with E-state index in [1.165, 1.54) is 24.6 Å². The lowest BCUT2D eigenvalue weighted by Crippen LogP contribution is -2.30. The van der Waals surface area contributed by atoms with Crippen LogP contribution in [-0.2, 0) is 4.79 Å². The standard InChI is InChI=1S/C17H19N3O2/c1-2-9-20-16(21)15(18-17(20)22)12-13-5-7-14(8-6-13)19-10-3-4-11-19/h2,5-8,12H,1,3-4,9-11H2,(H,18,22)/b15-12+. The Morgan fingerprint density at radius 3 is 2.45 bits per heavy atom. The molecule has 1 aromatic rings. The minimum atomic E-state index is -0.398. The van der Waals surface area contributed by atoms with E-state index in [0.717, 1.165) is 23.6 Å². The quantitative estimate of drug-likeness (QED) is 0.527. The first-order valence-electron chi connectivity index (χ1n) is 7.49. The van der Waals surface area contributed by atoms with Crippen molar-refractivity contribution in [2.45, 2.75) is 12.8 Å². The Hall–Kier alpha value is -2.56. The van der Waals surface area contributed by atoms with Crippen LogP contribution in [0.15, 0.2) is 42.6 Å². The van der Waals surface area contributed by atoms with Gasteiger partial charge in [0.05, 0.1) is 0 Å². The molecule has 2 aliphatic heterocycles. The monoisotopic (exact) mass is 297 g/mol. The molecular weight excluding hydrogens is 278 g/mol. The number of rotatable bonds is 4. The van der Waals surface area contributed by atoms with Gasteiger partial charge in [-0.15, -0.1) is 6.58 Å². The number of benzene rings is 1. The molecule has 0 radical (unpaired) electrons. The van der Waals surface area contributed by atoms with Crippen LogP contribution in [0.25, 0.3) is 6.08 Å². The van der Waals surface area contributed by atoms with Crippen LogP contribution < -0.4 is 10.2 Å². The average Bonchev–Trinajstić information content (AvgIpc) is 3.13. The summed E-state index contributed by atoms with van der Waals surface area (Å²) in [5.41, 5.74) is 2.41. The summed E-state index contributed by atoms with van der Waals surface area (Å²) in [6.07, 6.45) is 5.72. The number of hydrogen-bond acceptors (Lipinski definition) is 3. The number of hydrogen-bond donors (Lipinski definition) is 1. The Bertz CT molecular complexity index is 628. The minimum absolute atomic E-state index is 0.218. The van der Waals surface area contributed by atoms with Crippen molar-refractivity contribution in [3.8, 4) is 0 Å². The van der Waals surface area contributed by atoms with Gasteiger partial charge in [0.2, 0.25) is 0 Å². The summed E-state index contributed by atoms with van der Waals surface area (Å²) in [7, 11) is 0. The molecule has 5 heteroatoms. The smallest absolute Gasteiger partial charge is 0.329 e. The maximum Gasteiger partial charge on any atom is 0.329 e. The molecule has 2 fully saturated rings. The summed E-state index contributed by atoms with van der Waals surface area (Å²) in [5.74, 6) is -0.312. The van der Waals surface area contributed by atoms with Gasteiger partial charge in [-0.2, -0.15) is 0 Å². The first kappa shape index (κ1) is 14.4. The van der Waals surface area contributed by atoms with E-state index in [0.29, 0.717) is 5.70 Å². The van der Waals surface area contributed by atoms with Crippen molar-refractivity contribution in [3.63, 3.8) is 0 Å². The number of amides is 3. The van der Waals surface area contributed by atoms with Gasteiger partial charge in [-0.05, 0) is 36.6 Å². The van der Waals surface area contributed by atoms with E-state index in [1.807, 2.05) is 12.1 Å². The molecule has 114 valence electrons. The highest BCUT2D eigenvalue weighted by Gasteiger charge is 2.32. The van der Waals surface area contributed by atoms with Crippen LogP contribution in [0.2, 0.25) is 0 Å². The van der Waals surface area contributed by atoms with Crippen LogP contribution in [0, 0.1) is 0 Å². The number of urea groups is 1. The maximum absolute atomic E-state index is 12.1. The molecule has 22 heavy (non-hydrogen) atoms. The molecule has 2 saturated heterocycles. The fraction of sp³-hybridized carbons (Fsp3) is 0.294. The summed E-state index contributed by atoms with van der Waals surface area (Å²) >= 11 is 0. The number of nitrogens with one attached hydrogen (secondary N) is 1. The molecular formula is C17H19N3O2. The summed E-state index contributed by atoms with van der Waals surface area (Å²) in [5, 5.41) is 2.60. The lowest BCUT2D eigenvalue weighted by atomic mass is 10.1. The molecule has 2 heterocycles. The molecule has 1 N–H and O–H groups in total. The molecule has 0 bridgehead atoms. The van der Waals surface area contributed by atoms with Crippen molar-refractivity contribution in [3.05, 3.63) is 48.2 Å². The van der Waals surface area contributed by atoms with Gasteiger partial charge in [-0.1, -0.05) is 18.2 Å². The van der Waals surface area contributed by atoms with Gasteiger partial charge >= 0.3 is 6.03 Å². The lowest BCUT2D eigenvalue weighted by Gasteiger charge is -2.17. The van der Waals surface area contributed by atoms with Crippen molar-refractivity contribution in [1.82, 2.24) is 10.2 Å². The minimum Gasteiger partial charge on any atom is -0.372 e. The molecule has 5 nitrogen and oxygen atoms in total. The summed E-state index contributed by atoms with van der Waals surface area (Å²) < 4.78 is 0. The predicted molar refractivity (Wildman–Crippen MR) is 86.3 cm³/mol. The highest BCUT2D eigenvalue weighted by molar-refractivity contribution is 6.14. The number of carbonyl (C=O) groups is 2. The third-order valence-electron chi connectivity index (χ3n) is 3.95. The SMILES string of the molecule is C=CCN1C(=O)N/C(=C/c2ccc(N3CCCC3)cc2)C1=O. The van der Waals surface area contributed by atoms with Crippen molar-refractivity contribution in [2.24, 2.45) is 0 Å². The first-order valence-corrected chi connectivity index (χ1v) is 7.49. The maximum atomic E-state index is 12.1. The fourth-order valence-electron chi connectivity index (χ4n) is 2.79. The Balaban J connectivity index is 1.76. The van der Waals surface area contributed by atoms with E-state index in [4.69, 9.17) is 0 Å². The van der Waals surface area contributed by atoms with Gasteiger partial charge in [0.25, 0.3) is 5.91 Å². The van der Waals surface area contributed by atoms with Gasteiger partial charge in [0.15, 0.2) is 0 Å². The predicted octanol–water partition coefficient (Wildman–Crippen LogP) is 2.37. The normalized spacial score (nSPS) is 19.9. The van der Waals surface area contributed by atoms with Gasteiger partial charge in [0, 0.05) is 25.3 Å². The van der Waals surface area contributed by atoms with E-state index < -0.39 is 6.03 Å². The Labute approximate surface area is 129 Å². The molecule has 2 aliphatic rings. The van der Waals surface area contributed by atoms with Gasteiger partial charge in [0.1, 0.15) is 5.70 Å². The van der Waals surface area contributed by atoms with Crippen LogP contribution in [0.1, 0.15) is 18.4 Å². The Morgan fingerprint density at radius 2 is 1.82 bits per heavy atom. The fourth-order valence-corrected chi connectivity index (χ4v) is 2.79. The van der Waals surface area contributed by atoms with Crippen molar-refractivity contribution >= 4 is 23.7 Å². The molecule has 3 amide bonds. The highest BCUT2D eigenvalue weighted by Crippen LogP contribution is 2.21. The van der Waals surface area contributed by atoms with E-state index in [1.54, 1.807) is 6.08 Å². The first-order chi connectivity index (χ1) is 10.7. The second-order valence-corrected chi connectivity index (χ2v) is 5.48. The molecule has 3 rings (SSSR count). The van der Waals surface area contributed by atoms with Crippen LogP contribution in [0.4, 0.5) is 10.5 Å². The summed E-state index contributed by atoms with van der Waals surface area (Å²) in [4.78, 5) is 27.3. The number of nitrogens with zero attached hydrogens (tertiary/aromatic N) is 2. The van der Waals surface area contributed by atoms with E-state index in [9.17, 15) is 9.59 Å². The molecule has 0 saturated carbocycles. The van der Waals surface area contributed by atoms with Crippen LogP contribution in [-0.4, -0.2) is 36.5 Å². The zero-order valence-electron chi connectivity index (χ0n) is 12.4. The third kappa shape index (κ3) is 2.74. The molecule has 0 atom stereocenters. The highest BCUT2D eigenvalue weighted by atomic mass is 16.2. The molecule has 1 aromatic carbocycles. The second kappa shape index (κ2) is 6.05. The number of carbonyl (C=O) groups excluding carboxylic acids is 2. The van der Waals surface area contributed by atoms with Gasteiger partial charge < -0.3 is 10.2 Å². The van der Waals surface area contributed by atoms with Gasteiger partial charge in [-0.3, -0.25) is 9.69 Å². The molecule has 0 aromatic heterocycles. The van der Waals surface area contributed by atoms with Crippen LogP contribution in [0.3, 0.4) is 0 Å². The summed E-state index contributed by atoms with van der Waals surface area (Å²) in [6.45, 7) is 5.97.